The minimum Gasteiger partial charge on any atom is -0.431 e. The van der Waals surface area contributed by atoms with Crippen LogP contribution in [0.3, 0.4) is 0 Å². The molecule has 0 saturated heterocycles. The zero-order valence-corrected chi connectivity index (χ0v) is 26.6. The van der Waals surface area contributed by atoms with E-state index in [2.05, 4.69) is 13.8 Å². The van der Waals surface area contributed by atoms with Crippen molar-refractivity contribution in [1.29, 1.82) is 0 Å². The maximum atomic E-state index is 17.6. The lowest BCUT2D eigenvalue weighted by atomic mass is 9.42. The van der Waals surface area contributed by atoms with E-state index in [4.69, 9.17) is 14.2 Å². The minimum absolute atomic E-state index is 0.0253. The van der Waals surface area contributed by atoms with Gasteiger partial charge < -0.3 is 19.3 Å². The molecule has 7 rings (SSSR count). The SMILES string of the molecule is C[C@@H]1C(OC(=O)O[C@]2(C(=O)OCF)[C@H](C)C[C@H]3[C@@H]4CC(F)=C5CC(=O)C=C[C@]5(C)[C@@]4(F)[C@@H](O)C[C@@]32C)[C@H](C)[C@H]2C[C@@H]1C2(C)C. The molecule has 1 N–H and O–H groups in total. The second-order valence-corrected chi connectivity index (χ2v) is 15.7. The Balaban J connectivity index is 1.36. The van der Waals surface area contributed by atoms with Crippen molar-refractivity contribution >= 4 is 17.9 Å². The Labute approximate surface area is 256 Å². The molecule has 0 aromatic heterocycles. The number of esters is 1. The monoisotopic (exact) mass is 622 g/mol. The first-order chi connectivity index (χ1) is 20.4. The molecule has 5 saturated carbocycles. The predicted molar refractivity (Wildman–Crippen MR) is 153 cm³/mol. The van der Waals surface area contributed by atoms with Crippen LogP contribution in [0.15, 0.2) is 23.6 Å². The van der Waals surface area contributed by atoms with Crippen molar-refractivity contribution in [2.75, 3.05) is 6.86 Å². The van der Waals surface area contributed by atoms with Crippen molar-refractivity contribution < 1.29 is 46.9 Å². The average Bonchev–Trinajstić information content (AvgIpc) is 3.15. The fourth-order valence-corrected chi connectivity index (χ4v) is 11.5. The van der Waals surface area contributed by atoms with Crippen molar-refractivity contribution in [2.45, 2.75) is 104 Å². The summed E-state index contributed by atoms with van der Waals surface area (Å²) in [5.41, 5.74) is -7.39. The molecule has 5 fully saturated rings. The first-order valence-electron chi connectivity index (χ1n) is 16.0. The molecule has 10 heteroatoms. The van der Waals surface area contributed by atoms with E-state index >= 15 is 8.78 Å². The van der Waals surface area contributed by atoms with Crippen molar-refractivity contribution in [3.8, 4) is 0 Å². The van der Waals surface area contributed by atoms with E-state index < -0.39 is 76.9 Å². The van der Waals surface area contributed by atoms with Gasteiger partial charge in [-0.1, -0.05) is 47.6 Å². The number of hydrogen-bond donors (Lipinski definition) is 1. The standard InChI is InChI=1S/C34H45F3O7/c1-16-10-22-23-13-25(36)24-11-19(38)8-9-31(24,6)33(23,37)26(39)14-32(22,7)34(16,28(40)42-15-35)44-29(41)43-27-17(2)20-12-21(18(27)3)30(20,4)5/h8-9,16-18,20-23,26-27,39H,10-15H2,1-7H3/t16-,17-,18+,20-,21+,22+,23+,26+,27?,31+,32+,33+,34+/m1/s1. The molecule has 44 heavy (non-hydrogen) atoms. The lowest BCUT2D eigenvalue weighted by molar-refractivity contribution is -0.236. The van der Waals surface area contributed by atoms with Gasteiger partial charge in [-0.05, 0) is 72.8 Å². The Bertz CT molecular complexity index is 1330. The van der Waals surface area contributed by atoms with Crippen molar-refractivity contribution in [3.05, 3.63) is 23.6 Å². The van der Waals surface area contributed by atoms with Crippen LogP contribution in [-0.2, 0) is 23.8 Å². The molecule has 0 heterocycles. The molecule has 0 aliphatic heterocycles. The summed E-state index contributed by atoms with van der Waals surface area (Å²) >= 11 is 0. The topological polar surface area (TPSA) is 99.1 Å². The number of alkyl halides is 2. The van der Waals surface area contributed by atoms with Crippen LogP contribution in [0.25, 0.3) is 0 Å². The van der Waals surface area contributed by atoms with E-state index in [1.54, 1.807) is 13.8 Å². The maximum absolute atomic E-state index is 17.6. The van der Waals surface area contributed by atoms with E-state index in [1.807, 2.05) is 13.8 Å². The lowest BCUT2D eigenvalue weighted by Gasteiger charge is -2.64. The van der Waals surface area contributed by atoms with Crippen LogP contribution in [0.5, 0.6) is 0 Å². The number of carbonyl (C=O) groups is 3. The van der Waals surface area contributed by atoms with Crippen LogP contribution in [0.1, 0.15) is 80.6 Å². The summed E-state index contributed by atoms with van der Waals surface area (Å²) in [4.78, 5) is 39.6. The van der Waals surface area contributed by atoms with Gasteiger partial charge in [-0.3, -0.25) is 4.79 Å². The summed E-state index contributed by atoms with van der Waals surface area (Å²) in [6.45, 7) is 11.8. The van der Waals surface area contributed by atoms with E-state index in [0.717, 1.165) is 6.42 Å². The largest absolute Gasteiger partial charge is 0.509 e. The summed E-state index contributed by atoms with van der Waals surface area (Å²) < 4.78 is 63.9. The van der Waals surface area contributed by atoms with Crippen molar-refractivity contribution in [2.24, 2.45) is 57.7 Å². The first-order valence-corrected chi connectivity index (χ1v) is 16.0. The number of rotatable bonds is 4. The summed E-state index contributed by atoms with van der Waals surface area (Å²) in [7, 11) is 0. The minimum atomic E-state index is -2.37. The molecule has 0 radical (unpaired) electrons. The van der Waals surface area contributed by atoms with E-state index in [-0.39, 0.29) is 54.3 Å². The molecule has 1 unspecified atom stereocenters. The Hall–Kier alpha value is -2.36. The number of carbonyl (C=O) groups excluding carboxylic acids is 3. The van der Waals surface area contributed by atoms with E-state index in [9.17, 15) is 23.9 Å². The molecular weight excluding hydrogens is 577 g/mol. The molecule has 0 spiro atoms. The Morgan fingerprint density at radius 3 is 2.25 bits per heavy atom. The predicted octanol–water partition coefficient (Wildman–Crippen LogP) is 6.58. The van der Waals surface area contributed by atoms with Crippen LogP contribution in [0, 0.1) is 57.7 Å². The molecule has 7 nitrogen and oxygen atoms in total. The zero-order chi connectivity index (χ0) is 32.4. The van der Waals surface area contributed by atoms with Crippen molar-refractivity contribution in [1.82, 2.24) is 0 Å². The smallest absolute Gasteiger partial charge is 0.431 e. The molecule has 13 atom stereocenters. The van der Waals surface area contributed by atoms with Gasteiger partial charge >= 0.3 is 12.1 Å². The third kappa shape index (κ3) is 3.69. The van der Waals surface area contributed by atoms with Crippen LogP contribution < -0.4 is 0 Å². The number of aliphatic hydroxyl groups excluding tert-OH is 1. The Morgan fingerprint density at radius 1 is 1.02 bits per heavy atom. The number of halogens is 3. The number of fused-ring (bicyclic) bond motifs is 7. The molecule has 0 aromatic carbocycles. The van der Waals surface area contributed by atoms with Crippen LogP contribution in [0.4, 0.5) is 18.0 Å². The van der Waals surface area contributed by atoms with Gasteiger partial charge in [0.1, 0.15) is 11.9 Å². The number of ketones is 1. The van der Waals surface area contributed by atoms with Crippen molar-refractivity contribution in [3.63, 3.8) is 0 Å². The Kier molecular flexibility index (Phi) is 7.06. The van der Waals surface area contributed by atoms with Gasteiger partial charge in [0.25, 0.3) is 0 Å². The number of ether oxygens (including phenoxy) is 3. The second-order valence-electron chi connectivity index (χ2n) is 15.7. The quantitative estimate of drug-likeness (QED) is 0.354. The Morgan fingerprint density at radius 2 is 1.66 bits per heavy atom. The van der Waals surface area contributed by atoms with Crippen LogP contribution in [0.2, 0.25) is 0 Å². The first kappa shape index (κ1) is 31.6. The fourth-order valence-electron chi connectivity index (χ4n) is 11.5. The van der Waals surface area contributed by atoms with Gasteiger partial charge in [0.2, 0.25) is 12.5 Å². The third-order valence-electron chi connectivity index (χ3n) is 13.9. The van der Waals surface area contributed by atoms with Gasteiger partial charge in [-0.25, -0.2) is 22.8 Å². The van der Waals surface area contributed by atoms with Gasteiger partial charge in [-0.2, -0.15) is 0 Å². The summed E-state index contributed by atoms with van der Waals surface area (Å²) in [6.07, 6.45) is -0.527. The molecule has 7 aliphatic rings. The van der Waals surface area contributed by atoms with Gasteiger partial charge in [0.15, 0.2) is 11.5 Å². The molecule has 0 amide bonds. The van der Waals surface area contributed by atoms with E-state index in [1.165, 1.54) is 19.1 Å². The van der Waals surface area contributed by atoms with Gasteiger partial charge in [-0.15, -0.1) is 0 Å². The highest BCUT2D eigenvalue weighted by Crippen LogP contribution is 2.72. The summed E-state index contributed by atoms with van der Waals surface area (Å²) in [5, 5.41) is 11.7. The average molecular weight is 623 g/mol. The van der Waals surface area contributed by atoms with Gasteiger partial charge in [0.05, 0.1) is 6.10 Å². The fraction of sp³-hybridized carbons (Fsp3) is 0.794. The number of hydrogen-bond acceptors (Lipinski definition) is 7. The zero-order valence-electron chi connectivity index (χ0n) is 26.6. The second kappa shape index (κ2) is 9.82. The van der Waals surface area contributed by atoms with E-state index in [0.29, 0.717) is 11.8 Å². The number of aliphatic hydroxyl groups is 1. The molecule has 2 bridgehead atoms. The highest BCUT2D eigenvalue weighted by molar-refractivity contribution is 5.93. The van der Waals surface area contributed by atoms with Gasteiger partial charge in [0, 0.05) is 35.5 Å². The lowest BCUT2D eigenvalue weighted by Crippen LogP contribution is -2.70. The molecule has 7 aliphatic carbocycles. The highest BCUT2D eigenvalue weighted by Gasteiger charge is 2.78. The molecule has 0 aromatic rings. The maximum Gasteiger partial charge on any atom is 0.509 e. The highest BCUT2D eigenvalue weighted by atomic mass is 19.1. The summed E-state index contributed by atoms with van der Waals surface area (Å²) in [5.74, 6) is -3.98. The third-order valence-corrected chi connectivity index (χ3v) is 13.9. The summed E-state index contributed by atoms with van der Waals surface area (Å²) in [6, 6.07) is 0. The molecular formula is C34H45F3O7. The van der Waals surface area contributed by atoms with Crippen LogP contribution >= 0.6 is 0 Å². The number of allylic oxidation sites excluding steroid dienone is 4. The van der Waals surface area contributed by atoms with Crippen LogP contribution in [-0.4, -0.2) is 53.4 Å². The molecule has 244 valence electrons. The normalized spacial score (nSPS) is 50.2.